The molecule has 0 bridgehead atoms. The van der Waals surface area contributed by atoms with Crippen LogP contribution in [0.4, 0.5) is 0 Å². The van der Waals surface area contributed by atoms with E-state index in [0.717, 1.165) is 19.9 Å². The number of thiophene rings is 1. The lowest BCUT2D eigenvalue weighted by molar-refractivity contribution is -0.136. The summed E-state index contributed by atoms with van der Waals surface area (Å²) in [5, 5.41) is 13.2. The number of hydrogen-bond donors (Lipinski definition) is 1. The first-order chi connectivity index (χ1) is 7.99. The Kier molecular flexibility index (Phi) is 3.35. The summed E-state index contributed by atoms with van der Waals surface area (Å²) in [5.41, 5.74) is 2.54. The van der Waals surface area contributed by atoms with Crippen LogP contribution < -0.4 is 0 Å². The van der Waals surface area contributed by atoms with Crippen LogP contribution in [0.5, 0.6) is 0 Å². The smallest absolute Gasteiger partial charge is 0.309 e. The van der Waals surface area contributed by atoms with Crippen molar-refractivity contribution in [3.63, 3.8) is 0 Å². The number of aryl methyl sites for hydroxylation is 1. The summed E-state index contributed by atoms with van der Waals surface area (Å²) in [6.45, 7) is 1.95. The summed E-state index contributed by atoms with van der Waals surface area (Å²) >= 11 is 4.99. The van der Waals surface area contributed by atoms with E-state index in [1.54, 1.807) is 16.0 Å². The Balaban J connectivity index is 2.54. The molecule has 2 rings (SSSR count). The third-order valence-corrected chi connectivity index (χ3v) is 4.19. The maximum Gasteiger partial charge on any atom is 0.309 e. The van der Waals surface area contributed by atoms with E-state index in [1.165, 1.54) is 0 Å². The Morgan fingerprint density at radius 3 is 2.82 bits per heavy atom. The Bertz CT molecular complexity index is 574. The number of aromatic nitrogens is 2. The fourth-order valence-electron chi connectivity index (χ4n) is 1.71. The molecule has 0 atom stereocenters. The molecule has 0 radical (unpaired) electrons. The van der Waals surface area contributed by atoms with E-state index in [-0.39, 0.29) is 6.42 Å². The second kappa shape index (κ2) is 4.62. The average molecular weight is 315 g/mol. The van der Waals surface area contributed by atoms with Crippen molar-refractivity contribution in [2.45, 2.75) is 13.3 Å². The van der Waals surface area contributed by atoms with Gasteiger partial charge in [0.05, 0.1) is 15.9 Å². The zero-order valence-electron chi connectivity index (χ0n) is 9.40. The van der Waals surface area contributed by atoms with Crippen molar-refractivity contribution in [1.82, 2.24) is 9.78 Å². The van der Waals surface area contributed by atoms with Gasteiger partial charge in [0.25, 0.3) is 0 Å². The molecule has 0 saturated heterocycles. The minimum atomic E-state index is -0.861. The summed E-state index contributed by atoms with van der Waals surface area (Å²) in [6, 6.07) is 3.93. The van der Waals surface area contributed by atoms with Crippen LogP contribution in [0.25, 0.3) is 10.4 Å². The van der Waals surface area contributed by atoms with Crippen LogP contribution >= 0.6 is 27.3 Å². The number of halogens is 1. The van der Waals surface area contributed by atoms with Gasteiger partial charge in [0.2, 0.25) is 0 Å². The Morgan fingerprint density at radius 1 is 1.59 bits per heavy atom. The van der Waals surface area contributed by atoms with Gasteiger partial charge in [-0.25, -0.2) is 0 Å². The van der Waals surface area contributed by atoms with E-state index >= 15 is 0 Å². The van der Waals surface area contributed by atoms with E-state index in [1.807, 2.05) is 26.1 Å². The molecule has 0 saturated carbocycles. The molecule has 0 unspecified atom stereocenters. The molecule has 17 heavy (non-hydrogen) atoms. The van der Waals surface area contributed by atoms with Gasteiger partial charge in [0.15, 0.2) is 0 Å². The molecule has 2 aromatic rings. The molecule has 0 amide bonds. The Labute approximate surface area is 111 Å². The van der Waals surface area contributed by atoms with Gasteiger partial charge in [0, 0.05) is 23.2 Å². The molecule has 0 aliphatic rings. The number of carbonyl (C=O) groups is 1. The van der Waals surface area contributed by atoms with Crippen molar-refractivity contribution in [2.75, 3.05) is 0 Å². The van der Waals surface area contributed by atoms with Crippen molar-refractivity contribution in [3.05, 3.63) is 27.3 Å². The van der Waals surface area contributed by atoms with E-state index in [9.17, 15) is 4.79 Å². The summed E-state index contributed by atoms with van der Waals surface area (Å²) in [4.78, 5) is 11.9. The predicted molar refractivity (Wildman–Crippen MR) is 70.3 cm³/mol. The van der Waals surface area contributed by atoms with Gasteiger partial charge in [0.1, 0.15) is 0 Å². The van der Waals surface area contributed by atoms with E-state index in [2.05, 4.69) is 21.0 Å². The Morgan fingerprint density at radius 2 is 2.29 bits per heavy atom. The third kappa shape index (κ3) is 2.42. The molecule has 90 valence electrons. The fraction of sp³-hybridized carbons (Fsp3) is 0.273. The molecule has 2 aromatic heterocycles. The molecule has 0 aromatic carbocycles. The monoisotopic (exact) mass is 314 g/mol. The van der Waals surface area contributed by atoms with Gasteiger partial charge in [-0.1, -0.05) is 0 Å². The molecular formula is C11H11BrN2O2S. The van der Waals surface area contributed by atoms with Crippen LogP contribution in [0, 0.1) is 6.92 Å². The first-order valence-corrected chi connectivity index (χ1v) is 6.60. The average Bonchev–Trinajstić information content (AvgIpc) is 2.73. The highest BCUT2D eigenvalue weighted by atomic mass is 79.9. The summed E-state index contributed by atoms with van der Waals surface area (Å²) in [7, 11) is 1.83. The van der Waals surface area contributed by atoms with Gasteiger partial charge in [-0.2, -0.15) is 5.10 Å². The topological polar surface area (TPSA) is 55.1 Å². The first-order valence-electron chi connectivity index (χ1n) is 4.99. The highest BCUT2D eigenvalue weighted by Gasteiger charge is 2.18. The molecule has 4 nitrogen and oxygen atoms in total. The number of aliphatic carboxylic acids is 1. The van der Waals surface area contributed by atoms with Crippen molar-refractivity contribution >= 4 is 33.2 Å². The maximum absolute atomic E-state index is 10.8. The fourth-order valence-corrected chi connectivity index (χ4v) is 3.22. The van der Waals surface area contributed by atoms with Crippen molar-refractivity contribution in [1.29, 1.82) is 0 Å². The van der Waals surface area contributed by atoms with Gasteiger partial charge in [-0.3, -0.25) is 9.48 Å². The van der Waals surface area contributed by atoms with Crippen LogP contribution in [0.2, 0.25) is 0 Å². The predicted octanol–water partition coefficient (Wildman–Crippen LogP) is 2.85. The lowest BCUT2D eigenvalue weighted by Gasteiger charge is -1.99. The van der Waals surface area contributed by atoms with Gasteiger partial charge < -0.3 is 5.11 Å². The van der Waals surface area contributed by atoms with Crippen LogP contribution in [-0.2, 0) is 18.3 Å². The van der Waals surface area contributed by atoms with Crippen LogP contribution in [-0.4, -0.2) is 20.9 Å². The molecule has 0 aliphatic carbocycles. The molecule has 1 N–H and O–H groups in total. The minimum absolute atomic E-state index is 0.0491. The van der Waals surface area contributed by atoms with Crippen molar-refractivity contribution < 1.29 is 9.90 Å². The molecule has 0 spiro atoms. The maximum atomic E-state index is 10.8. The molecule has 0 aliphatic heterocycles. The van der Waals surface area contributed by atoms with Crippen molar-refractivity contribution in [2.24, 2.45) is 7.05 Å². The van der Waals surface area contributed by atoms with Crippen LogP contribution in [0.1, 0.15) is 11.4 Å². The number of nitrogens with zero attached hydrogens (tertiary/aromatic N) is 2. The zero-order valence-corrected chi connectivity index (χ0v) is 11.8. The normalized spacial score (nSPS) is 10.8. The van der Waals surface area contributed by atoms with Crippen molar-refractivity contribution in [3.8, 4) is 10.4 Å². The van der Waals surface area contributed by atoms with Gasteiger partial charge >= 0.3 is 5.97 Å². The second-order valence-electron chi connectivity index (χ2n) is 3.70. The van der Waals surface area contributed by atoms with E-state index < -0.39 is 5.97 Å². The Hall–Kier alpha value is -1.14. The quantitative estimate of drug-likeness (QED) is 0.947. The molecular weight excluding hydrogens is 304 g/mol. The number of hydrogen-bond acceptors (Lipinski definition) is 3. The minimum Gasteiger partial charge on any atom is -0.481 e. The van der Waals surface area contributed by atoms with E-state index in [4.69, 9.17) is 5.11 Å². The van der Waals surface area contributed by atoms with Gasteiger partial charge in [-0.15, -0.1) is 11.3 Å². The largest absolute Gasteiger partial charge is 0.481 e. The van der Waals surface area contributed by atoms with Crippen LogP contribution in [0.15, 0.2) is 15.9 Å². The first kappa shape index (κ1) is 12.3. The molecule has 6 heteroatoms. The lowest BCUT2D eigenvalue weighted by atomic mass is 10.1. The van der Waals surface area contributed by atoms with Gasteiger partial charge in [-0.05, 0) is 35.0 Å². The van der Waals surface area contributed by atoms with Crippen LogP contribution in [0.3, 0.4) is 0 Å². The zero-order chi connectivity index (χ0) is 12.6. The SMILES string of the molecule is Cc1c(-c2ccc(Br)s2)c(CC(=O)O)nn1C. The number of carboxylic acids is 1. The highest BCUT2D eigenvalue weighted by Crippen LogP contribution is 2.35. The summed E-state index contributed by atoms with van der Waals surface area (Å²) in [6.07, 6.45) is -0.0491. The number of rotatable bonds is 3. The second-order valence-corrected chi connectivity index (χ2v) is 6.17. The lowest BCUT2D eigenvalue weighted by Crippen LogP contribution is -2.02. The third-order valence-electron chi connectivity index (χ3n) is 2.54. The standard InChI is InChI=1S/C11H11BrN2O2S/c1-6-11(8-3-4-9(12)17-8)7(5-10(15)16)13-14(6)2/h3-4H,5H2,1-2H3,(H,15,16). The van der Waals surface area contributed by atoms with E-state index in [0.29, 0.717) is 5.69 Å². The molecule has 0 fully saturated rings. The highest BCUT2D eigenvalue weighted by molar-refractivity contribution is 9.11. The number of carboxylic acid groups (broad SMARTS) is 1. The molecule has 2 heterocycles. The summed E-state index contributed by atoms with van der Waals surface area (Å²) < 4.78 is 2.75. The summed E-state index contributed by atoms with van der Waals surface area (Å²) in [5.74, 6) is -0.861.